The lowest BCUT2D eigenvalue weighted by atomic mass is 10.2. The SMILES string of the molecule is O=P([O-])([O-])/C=C/c1cc(OCc2ccccc2)nn1-c1ccccc1. The Labute approximate surface area is 145 Å². The molecule has 0 aliphatic heterocycles. The Morgan fingerprint density at radius 2 is 1.68 bits per heavy atom. The summed E-state index contributed by atoms with van der Waals surface area (Å²) in [5, 5.41) is 4.35. The molecule has 2 aromatic carbocycles. The van der Waals surface area contributed by atoms with Crippen molar-refractivity contribution in [3.63, 3.8) is 0 Å². The quantitative estimate of drug-likeness (QED) is 0.634. The van der Waals surface area contributed by atoms with Gasteiger partial charge in [0.2, 0.25) is 5.88 Å². The van der Waals surface area contributed by atoms with E-state index in [-0.39, 0.29) is 0 Å². The van der Waals surface area contributed by atoms with Crippen LogP contribution < -0.4 is 14.5 Å². The maximum atomic E-state index is 10.9. The molecule has 1 aromatic heterocycles. The van der Waals surface area contributed by atoms with E-state index >= 15 is 0 Å². The van der Waals surface area contributed by atoms with Crippen molar-refractivity contribution in [1.29, 1.82) is 0 Å². The van der Waals surface area contributed by atoms with Crippen molar-refractivity contribution in [2.45, 2.75) is 6.61 Å². The van der Waals surface area contributed by atoms with Gasteiger partial charge in [-0.1, -0.05) is 48.5 Å². The Hall–Kier alpha value is -2.66. The smallest absolute Gasteiger partial charge is 0.234 e. The van der Waals surface area contributed by atoms with Crippen LogP contribution in [0.4, 0.5) is 0 Å². The molecule has 0 amide bonds. The lowest BCUT2D eigenvalue weighted by molar-refractivity contribution is -0.308. The molecular weight excluding hydrogens is 339 g/mol. The van der Waals surface area contributed by atoms with Gasteiger partial charge in [0.05, 0.1) is 11.4 Å². The van der Waals surface area contributed by atoms with Gasteiger partial charge in [-0.25, -0.2) is 4.68 Å². The monoisotopic (exact) mass is 354 g/mol. The number of benzene rings is 2. The van der Waals surface area contributed by atoms with Gasteiger partial charge in [-0.2, -0.15) is 0 Å². The highest BCUT2D eigenvalue weighted by Crippen LogP contribution is 2.28. The molecule has 0 radical (unpaired) electrons. The van der Waals surface area contributed by atoms with E-state index in [1.54, 1.807) is 6.07 Å². The van der Waals surface area contributed by atoms with Crippen LogP contribution in [0.15, 0.2) is 72.5 Å². The number of para-hydroxylation sites is 1. The van der Waals surface area contributed by atoms with Crippen molar-refractivity contribution in [2.75, 3.05) is 0 Å². The van der Waals surface area contributed by atoms with Crippen LogP contribution in [0.3, 0.4) is 0 Å². The summed E-state index contributed by atoms with van der Waals surface area (Å²) in [6.07, 6.45) is 1.22. The Kier molecular flexibility index (Phi) is 5.14. The topological polar surface area (TPSA) is 90.2 Å². The summed E-state index contributed by atoms with van der Waals surface area (Å²) in [4.78, 5) is 21.8. The fourth-order valence-corrected chi connectivity index (χ4v) is 2.57. The molecule has 0 unspecified atom stereocenters. The van der Waals surface area contributed by atoms with E-state index in [9.17, 15) is 14.4 Å². The molecule has 0 atom stereocenters. The molecule has 0 spiro atoms. The highest BCUT2D eigenvalue weighted by molar-refractivity contribution is 7.52. The van der Waals surface area contributed by atoms with E-state index in [1.165, 1.54) is 10.8 Å². The van der Waals surface area contributed by atoms with E-state index in [4.69, 9.17) is 4.74 Å². The van der Waals surface area contributed by atoms with Crippen molar-refractivity contribution in [1.82, 2.24) is 9.78 Å². The van der Waals surface area contributed by atoms with Crippen LogP contribution in [0.2, 0.25) is 0 Å². The van der Waals surface area contributed by atoms with Crippen molar-refractivity contribution >= 4 is 13.7 Å². The molecule has 3 aromatic rings. The molecule has 3 rings (SSSR count). The molecule has 0 saturated heterocycles. The van der Waals surface area contributed by atoms with Gasteiger partial charge in [0.25, 0.3) is 0 Å². The third kappa shape index (κ3) is 4.90. The third-order valence-corrected chi connectivity index (χ3v) is 3.89. The average molecular weight is 354 g/mol. The molecule has 0 bridgehead atoms. The summed E-state index contributed by atoms with van der Waals surface area (Å²) >= 11 is 0. The van der Waals surface area contributed by atoms with E-state index in [0.29, 0.717) is 24.0 Å². The predicted octanol–water partition coefficient (Wildman–Crippen LogP) is 2.34. The van der Waals surface area contributed by atoms with Crippen molar-refractivity contribution in [3.05, 3.63) is 83.8 Å². The molecule has 7 heteroatoms. The van der Waals surface area contributed by atoms with Crippen LogP contribution in [0.5, 0.6) is 5.88 Å². The number of rotatable bonds is 6. The standard InChI is InChI=1S/C18H17N2O4P/c21-25(22,23)12-11-17-13-18(24-14-15-7-3-1-4-8-15)19-20(17)16-9-5-2-6-10-16/h1-13H,14H2,(H2,21,22,23)/p-2/b12-11+. The summed E-state index contributed by atoms with van der Waals surface area (Å²) in [6.45, 7) is 0.331. The Morgan fingerprint density at radius 1 is 1.04 bits per heavy atom. The molecule has 25 heavy (non-hydrogen) atoms. The molecule has 0 aliphatic rings. The van der Waals surface area contributed by atoms with Crippen molar-refractivity contribution in [2.24, 2.45) is 0 Å². The fraction of sp³-hybridized carbons (Fsp3) is 0.0556. The van der Waals surface area contributed by atoms with E-state index in [2.05, 4.69) is 5.10 Å². The van der Waals surface area contributed by atoms with Crippen LogP contribution >= 0.6 is 7.60 Å². The van der Waals surface area contributed by atoms with Gasteiger partial charge in [-0.3, -0.25) is 0 Å². The first kappa shape index (κ1) is 17.2. The second-order valence-electron chi connectivity index (χ2n) is 5.28. The zero-order valence-electron chi connectivity index (χ0n) is 13.2. The number of aromatic nitrogens is 2. The second kappa shape index (κ2) is 7.49. The van der Waals surface area contributed by atoms with Gasteiger partial charge in [0.15, 0.2) is 0 Å². The minimum atomic E-state index is -4.76. The van der Waals surface area contributed by atoms with Crippen LogP contribution in [-0.4, -0.2) is 9.78 Å². The van der Waals surface area contributed by atoms with Gasteiger partial charge in [-0.15, -0.1) is 5.10 Å². The van der Waals surface area contributed by atoms with Crippen LogP contribution in [0.25, 0.3) is 11.8 Å². The maximum Gasteiger partial charge on any atom is 0.234 e. The zero-order chi connectivity index (χ0) is 17.7. The number of hydrogen-bond donors (Lipinski definition) is 0. The highest BCUT2D eigenvalue weighted by Gasteiger charge is 2.09. The predicted molar refractivity (Wildman–Crippen MR) is 91.0 cm³/mol. The summed E-state index contributed by atoms with van der Waals surface area (Å²) in [6, 6.07) is 20.4. The van der Waals surface area contributed by atoms with Crippen LogP contribution in [0, 0.1) is 0 Å². The minimum absolute atomic E-state index is 0.331. The molecule has 0 saturated carbocycles. The van der Waals surface area contributed by atoms with Gasteiger partial charge >= 0.3 is 0 Å². The fourth-order valence-electron chi connectivity index (χ4n) is 2.24. The molecule has 0 fully saturated rings. The molecule has 6 nitrogen and oxygen atoms in total. The van der Waals surface area contributed by atoms with Crippen molar-refractivity contribution < 1.29 is 19.1 Å². The first-order valence-corrected chi connectivity index (χ1v) is 9.16. The van der Waals surface area contributed by atoms with E-state index < -0.39 is 7.60 Å². The largest absolute Gasteiger partial charge is 0.808 e. The van der Waals surface area contributed by atoms with E-state index in [0.717, 1.165) is 11.3 Å². The number of ether oxygens (including phenoxy) is 1. The summed E-state index contributed by atoms with van der Waals surface area (Å²) in [5.41, 5.74) is 2.14. The Bertz CT molecular complexity index is 901. The lowest BCUT2D eigenvalue weighted by Gasteiger charge is -2.24. The molecule has 128 valence electrons. The summed E-state index contributed by atoms with van der Waals surface area (Å²) in [5.74, 6) is 0.962. The Balaban J connectivity index is 1.88. The number of hydrogen-bond acceptors (Lipinski definition) is 5. The summed E-state index contributed by atoms with van der Waals surface area (Å²) < 4.78 is 18.1. The minimum Gasteiger partial charge on any atom is -0.808 e. The molecule has 1 heterocycles. The second-order valence-corrected chi connectivity index (χ2v) is 6.66. The first-order chi connectivity index (χ1) is 12.0. The Morgan fingerprint density at radius 3 is 2.32 bits per heavy atom. The maximum absolute atomic E-state index is 10.9. The van der Waals surface area contributed by atoms with Gasteiger partial charge < -0.3 is 19.1 Å². The average Bonchev–Trinajstić information content (AvgIpc) is 3.03. The van der Waals surface area contributed by atoms with E-state index in [1.807, 2.05) is 60.7 Å². The van der Waals surface area contributed by atoms with Crippen LogP contribution in [0.1, 0.15) is 11.3 Å². The molecular formula is C18H15N2O4P-2. The third-order valence-electron chi connectivity index (χ3n) is 3.37. The first-order valence-electron chi connectivity index (χ1n) is 7.54. The normalized spacial score (nSPS) is 11.8. The highest BCUT2D eigenvalue weighted by atomic mass is 31.2. The van der Waals surface area contributed by atoms with Crippen LogP contribution in [-0.2, 0) is 11.2 Å². The lowest BCUT2D eigenvalue weighted by Crippen LogP contribution is -2.10. The van der Waals surface area contributed by atoms with Gasteiger partial charge in [-0.05, 0) is 37.2 Å². The summed E-state index contributed by atoms with van der Waals surface area (Å²) in [7, 11) is -4.76. The number of nitrogens with zero attached hydrogens (tertiary/aromatic N) is 2. The van der Waals surface area contributed by atoms with Gasteiger partial charge in [0, 0.05) is 6.07 Å². The van der Waals surface area contributed by atoms with Gasteiger partial charge in [0.1, 0.15) is 6.61 Å². The molecule has 0 aliphatic carbocycles. The molecule has 0 N–H and O–H groups in total. The van der Waals surface area contributed by atoms with Crippen molar-refractivity contribution in [3.8, 4) is 11.6 Å². The zero-order valence-corrected chi connectivity index (χ0v) is 14.1.